The van der Waals surface area contributed by atoms with Gasteiger partial charge in [0.15, 0.2) is 0 Å². The second-order valence-electron chi connectivity index (χ2n) is 7.51. The number of carbonyl (C=O) groups is 1. The summed E-state index contributed by atoms with van der Waals surface area (Å²) in [5.74, 6) is 0.422. The van der Waals surface area contributed by atoms with Gasteiger partial charge in [-0.05, 0) is 56.6 Å². The molecule has 0 spiro atoms. The number of carbonyl (C=O) groups excluding carboxylic acids is 1. The summed E-state index contributed by atoms with van der Waals surface area (Å²) in [5, 5.41) is 15.4. The molecule has 2 aliphatic rings. The van der Waals surface area contributed by atoms with Gasteiger partial charge in [0.1, 0.15) is 0 Å². The molecule has 1 aromatic carbocycles. The van der Waals surface area contributed by atoms with Gasteiger partial charge >= 0.3 is 6.03 Å². The molecule has 0 radical (unpaired) electrons. The summed E-state index contributed by atoms with van der Waals surface area (Å²) in [6, 6.07) is 11.2. The molecule has 1 atom stereocenters. The van der Waals surface area contributed by atoms with Gasteiger partial charge < -0.3 is 15.7 Å². The monoisotopic (exact) mass is 345 g/mol. The third kappa shape index (κ3) is 5.44. The standard InChI is InChI=1S/C20H31N3O2/c24-15-17-8-10-18(11-9-17)22-20(25)21-13-19-7-4-12-23(19)14-16-5-2-1-3-6-16/h1-3,5-6,17-19,24H,4,7-15H2,(H2,21,22,25). The average molecular weight is 345 g/mol. The first kappa shape index (κ1) is 18.2. The molecule has 25 heavy (non-hydrogen) atoms. The first-order valence-corrected chi connectivity index (χ1v) is 9.68. The number of hydrogen-bond acceptors (Lipinski definition) is 3. The van der Waals surface area contributed by atoms with Gasteiger partial charge in [0, 0.05) is 31.8 Å². The van der Waals surface area contributed by atoms with Crippen LogP contribution in [0, 0.1) is 5.92 Å². The van der Waals surface area contributed by atoms with Gasteiger partial charge in [-0.15, -0.1) is 0 Å². The van der Waals surface area contributed by atoms with Crippen molar-refractivity contribution >= 4 is 6.03 Å². The van der Waals surface area contributed by atoms with Crippen molar-refractivity contribution in [2.45, 2.75) is 57.2 Å². The van der Waals surface area contributed by atoms with E-state index >= 15 is 0 Å². The number of aliphatic hydroxyl groups is 1. The molecule has 0 aromatic heterocycles. The third-order valence-corrected chi connectivity index (χ3v) is 5.67. The molecule has 3 rings (SSSR count). The summed E-state index contributed by atoms with van der Waals surface area (Å²) in [4.78, 5) is 14.7. The van der Waals surface area contributed by atoms with Gasteiger partial charge in [-0.3, -0.25) is 4.90 Å². The molecular weight excluding hydrogens is 314 g/mol. The van der Waals surface area contributed by atoms with Crippen molar-refractivity contribution in [2.24, 2.45) is 5.92 Å². The maximum absolute atomic E-state index is 12.2. The van der Waals surface area contributed by atoms with Crippen LogP contribution in [0.5, 0.6) is 0 Å². The van der Waals surface area contributed by atoms with Crippen LogP contribution in [-0.4, -0.2) is 47.8 Å². The van der Waals surface area contributed by atoms with E-state index in [2.05, 4.69) is 39.8 Å². The van der Waals surface area contributed by atoms with Crippen molar-refractivity contribution in [3.05, 3.63) is 35.9 Å². The minimum atomic E-state index is -0.0426. The Morgan fingerprint density at radius 2 is 1.88 bits per heavy atom. The summed E-state index contributed by atoms with van der Waals surface area (Å²) < 4.78 is 0. The van der Waals surface area contributed by atoms with E-state index in [1.165, 1.54) is 12.0 Å². The van der Waals surface area contributed by atoms with Gasteiger partial charge in [0.25, 0.3) is 0 Å². The summed E-state index contributed by atoms with van der Waals surface area (Å²) in [6.45, 7) is 3.05. The zero-order chi connectivity index (χ0) is 17.5. The predicted molar refractivity (Wildman–Crippen MR) is 99.2 cm³/mol. The van der Waals surface area contributed by atoms with E-state index in [0.717, 1.165) is 45.2 Å². The number of rotatable bonds is 6. The number of hydrogen-bond donors (Lipinski definition) is 3. The first-order chi connectivity index (χ1) is 12.2. The lowest BCUT2D eigenvalue weighted by Crippen LogP contribution is -2.47. The number of urea groups is 1. The van der Waals surface area contributed by atoms with Crippen molar-refractivity contribution in [2.75, 3.05) is 19.7 Å². The zero-order valence-corrected chi connectivity index (χ0v) is 15.0. The second kappa shape index (κ2) is 9.20. The Balaban J connectivity index is 1.39. The molecule has 2 fully saturated rings. The number of nitrogens with zero attached hydrogens (tertiary/aromatic N) is 1. The number of amides is 2. The fourth-order valence-corrected chi connectivity index (χ4v) is 4.09. The number of likely N-dealkylation sites (tertiary alicyclic amines) is 1. The van der Waals surface area contributed by atoms with E-state index in [0.29, 0.717) is 18.5 Å². The minimum absolute atomic E-state index is 0.0426. The van der Waals surface area contributed by atoms with E-state index in [1.54, 1.807) is 0 Å². The lowest BCUT2D eigenvalue weighted by molar-refractivity contribution is 0.173. The Morgan fingerprint density at radius 3 is 2.60 bits per heavy atom. The van der Waals surface area contributed by atoms with Gasteiger partial charge in [-0.2, -0.15) is 0 Å². The predicted octanol–water partition coefficient (Wildman–Crippen LogP) is 2.50. The molecule has 1 saturated heterocycles. The van der Waals surface area contributed by atoms with E-state index in [9.17, 15) is 9.90 Å². The zero-order valence-electron chi connectivity index (χ0n) is 15.0. The molecule has 0 bridgehead atoms. The highest BCUT2D eigenvalue weighted by Gasteiger charge is 2.26. The van der Waals surface area contributed by atoms with E-state index < -0.39 is 0 Å². The summed E-state index contributed by atoms with van der Waals surface area (Å²) in [5.41, 5.74) is 1.33. The van der Waals surface area contributed by atoms with Crippen LogP contribution in [0.15, 0.2) is 30.3 Å². The van der Waals surface area contributed by atoms with Crippen LogP contribution in [0.2, 0.25) is 0 Å². The lowest BCUT2D eigenvalue weighted by Gasteiger charge is -2.29. The van der Waals surface area contributed by atoms with E-state index in [-0.39, 0.29) is 18.7 Å². The molecule has 1 unspecified atom stereocenters. The first-order valence-electron chi connectivity index (χ1n) is 9.68. The quantitative estimate of drug-likeness (QED) is 0.742. The molecule has 1 aromatic rings. The number of aliphatic hydroxyl groups excluding tert-OH is 1. The number of nitrogens with one attached hydrogen (secondary N) is 2. The van der Waals surface area contributed by atoms with Crippen LogP contribution in [0.3, 0.4) is 0 Å². The topological polar surface area (TPSA) is 64.6 Å². The van der Waals surface area contributed by atoms with Crippen molar-refractivity contribution in [1.82, 2.24) is 15.5 Å². The van der Waals surface area contributed by atoms with Gasteiger partial charge in [0.05, 0.1) is 0 Å². The smallest absolute Gasteiger partial charge is 0.315 e. The molecule has 1 saturated carbocycles. The Labute approximate surface area is 150 Å². The Bertz CT molecular complexity index is 529. The maximum Gasteiger partial charge on any atom is 0.315 e. The van der Waals surface area contributed by atoms with Crippen molar-refractivity contribution in [3.8, 4) is 0 Å². The molecular formula is C20H31N3O2. The molecule has 5 heteroatoms. The van der Waals surface area contributed by atoms with Crippen molar-refractivity contribution < 1.29 is 9.90 Å². The Kier molecular flexibility index (Phi) is 6.70. The molecule has 1 aliphatic carbocycles. The van der Waals surface area contributed by atoms with Crippen molar-refractivity contribution in [3.63, 3.8) is 0 Å². The van der Waals surface area contributed by atoms with E-state index in [4.69, 9.17) is 0 Å². The molecule has 2 amide bonds. The highest BCUT2D eigenvalue weighted by atomic mass is 16.3. The molecule has 138 valence electrons. The largest absolute Gasteiger partial charge is 0.396 e. The van der Waals surface area contributed by atoms with Gasteiger partial charge in [-0.1, -0.05) is 30.3 Å². The Morgan fingerprint density at radius 1 is 1.12 bits per heavy atom. The van der Waals surface area contributed by atoms with Gasteiger partial charge in [0.2, 0.25) is 0 Å². The van der Waals surface area contributed by atoms with Crippen LogP contribution < -0.4 is 10.6 Å². The van der Waals surface area contributed by atoms with Crippen LogP contribution in [0.4, 0.5) is 4.79 Å². The average Bonchev–Trinajstić information content (AvgIpc) is 3.08. The summed E-state index contributed by atoms with van der Waals surface area (Å²) in [6.07, 6.45) is 6.31. The molecule has 1 heterocycles. The van der Waals surface area contributed by atoms with Crippen molar-refractivity contribution in [1.29, 1.82) is 0 Å². The van der Waals surface area contributed by atoms with Crippen LogP contribution in [-0.2, 0) is 6.54 Å². The third-order valence-electron chi connectivity index (χ3n) is 5.67. The number of benzene rings is 1. The van der Waals surface area contributed by atoms with Crippen LogP contribution in [0.1, 0.15) is 44.1 Å². The fraction of sp³-hybridized carbons (Fsp3) is 0.650. The molecule has 3 N–H and O–H groups in total. The van der Waals surface area contributed by atoms with Gasteiger partial charge in [-0.25, -0.2) is 4.79 Å². The SMILES string of the molecule is O=C(NCC1CCCN1Cc1ccccc1)NC1CCC(CO)CC1. The van der Waals surface area contributed by atoms with E-state index in [1.807, 2.05) is 6.07 Å². The molecule has 5 nitrogen and oxygen atoms in total. The normalized spacial score (nSPS) is 27.2. The Hall–Kier alpha value is -1.59. The fourth-order valence-electron chi connectivity index (χ4n) is 4.09. The highest BCUT2D eigenvalue weighted by molar-refractivity contribution is 5.74. The van der Waals surface area contributed by atoms with Crippen LogP contribution in [0.25, 0.3) is 0 Å². The second-order valence-corrected chi connectivity index (χ2v) is 7.51. The lowest BCUT2D eigenvalue weighted by atomic mass is 9.87. The minimum Gasteiger partial charge on any atom is -0.396 e. The molecule has 1 aliphatic heterocycles. The van der Waals surface area contributed by atoms with Crippen LogP contribution >= 0.6 is 0 Å². The summed E-state index contributed by atoms with van der Waals surface area (Å²) in [7, 11) is 0. The highest BCUT2D eigenvalue weighted by Crippen LogP contribution is 2.23. The maximum atomic E-state index is 12.2. The summed E-state index contributed by atoms with van der Waals surface area (Å²) >= 11 is 0.